The average molecular weight is 288 g/mol. The normalized spacial score (nSPS) is 23.5. The first-order chi connectivity index (χ1) is 10.3. The fourth-order valence-corrected chi connectivity index (χ4v) is 3.28. The Labute approximate surface area is 126 Å². The van der Waals surface area contributed by atoms with Crippen molar-refractivity contribution in [2.45, 2.75) is 25.8 Å². The second kappa shape index (κ2) is 6.58. The zero-order chi connectivity index (χ0) is 14.7. The molecule has 0 spiro atoms. The fraction of sp³-hybridized carbons (Fsp3) is 0.588. The first-order valence-corrected chi connectivity index (χ1v) is 7.98. The lowest BCUT2D eigenvalue weighted by Crippen LogP contribution is -2.44. The van der Waals surface area contributed by atoms with Crippen molar-refractivity contribution >= 4 is 11.5 Å². The Bertz CT molecular complexity index is 480. The molecule has 0 radical (unpaired) electrons. The lowest BCUT2D eigenvalue weighted by Gasteiger charge is -2.32. The van der Waals surface area contributed by atoms with Gasteiger partial charge in [0.15, 0.2) is 5.78 Å². The van der Waals surface area contributed by atoms with Gasteiger partial charge in [-0.1, -0.05) is 6.92 Å². The average Bonchev–Trinajstić information content (AvgIpc) is 3.05. The third kappa shape index (κ3) is 3.27. The highest BCUT2D eigenvalue weighted by atomic mass is 16.5. The van der Waals surface area contributed by atoms with Gasteiger partial charge in [0.25, 0.3) is 0 Å². The van der Waals surface area contributed by atoms with E-state index in [9.17, 15) is 4.79 Å². The summed E-state index contributed by atoms with van der Waals surface area (Å²) >= 11 is 0. The first-order valence-electron chi connectivity index (χ1n) is 7.98. The summed E-state index contributed by atoms with van der Waals surface area (Å²) in [4.78, 5) is 16.7. The predicted octanol–water partition coefficient (Wildman–Crippen LogP) is 2.19. The number of hydrogen-bond donors (Lipinski definition) is 0. The topological polar surface area (TPSA) is 32.8 Å². The van der Waals surface area contributed by atoms with E-state index < -0.39 is 0 Å². The molecule has 4 heteroatoms. The van der Waals surface area contributed by atoms with Gasteiger partial charge in [-0.3, -0.25) is 9.69 Å². The summed E-state index contributed by atoms with van der Waals surface area (Å²) in [5, 5.41) is 0. The molecule has 2 aliphatic heterocycles. The largest absolute Gasteiger partial charge is 0.379 e. The SMILES string of the molecule is CCC(=O)c1ccc(N2CCC(N3CCOCC3)C2)cc1. The number of nitrogens with zero attached hydrogens (tertiary/aromatic N) is 2. The van der Waals surface area contributed by atoms with Gasteiger partial charge in [-0.05, 0) is 30.7 Å². The Morgan fingerprint density at radius 1 is 1.19 bits per heavy atom. The molecule has 0 saturated carbocycles. The lowest BCUT2D eigenvalue weighted by atomic mass is 10.1. The maximum absolute atomic E-state index is 11.7. The van der Waals surface area contributed by atoms with Crippen molar-refractivity contribution in [3.8, 4) is 0 Å². The Hall–Kier alpha value is -1.39. The molecule has 2 saturated heterocycles. The smallest absolute Gasteiger partial charge is 0.162 e. The zero-order valence-electron chi connectivity index (χ0n) is 12.8. The van der Waals surface area contributed by atoms with Gasteiger partial charge in [-0.2, -0.15) is 0 Å². The highest BCUT2D eigenvalue weighted by Crippen LogP contribution is 2.24. The molecule has 114 valence electrons. The number of rotatable bonds is 4. The van der Waals surface area contributed by atoms with Gasteiger partial charge in [0.2, 0.25) is 0 Å². The molecule has 0 amide bonds. The minimum absolute atomic E-state index is 0.217. The third-order valence-corrected chi connectivity index (χ3v) is 4.60. The fourth-order valence-electron chi connectivity index (χ4n) is 3.28. The number of morpholine rings is 1. The summed E-state index contributed by atoms with van der Waals surface area (Å²) in [6.07, 6.45) is 1.79. The van der Waals surface area contributed by atoms with E-state index in [1.807, 2.05) is 19.1 Å². The predicted molar refractivity (Wildman–Crippen MR) is 84.1 cm³/mol. The van der Waals surface area contributed by atoms with Crippen molar-refractivity contribution in [3.63, 3.8) is 0 Å². The highest BCUT2D eigenvalue weighted by Gasteiger charge is 2.28. The van der Waals surface area contributed by atoms with E-state index in [1.165, 1.54) is 12.1 Å². The van der Waals surface area contributed by atoms with Crippen LogP contribution in [-0.4, -0.2) is 56.1 Å². The number of Topliss-reactive ketones (excluding diaryl/α,β-unsaturated/α-hetero) is 1. The Morgan fingerprint density at radius 2 is 1.90 bits per heavy atom. The third-order valence-electron chi connectivity index (χ3n) is 4.60. The molecule has 0 N–H and O–H groups in total. The van der Waals surface area contributed by atoms with Crippen molar-refractivity contribution in [1.29, 1.82) is 0 Å². The summed E-state index contributed by atoms with van der Waals surface area (Å²) < 4.78 is 5.43. The van der Waals surface area contributed by atoms with Gasteiger partial charge in [-0.15, -0.1) is 0 Å². The second-order valence-corrected chi connectivity index (χ2v) is 5.86. The van der Waals surface area contributed by atoms with E-state index in [-0.39, 0.29) is 5.78 Å². The summed E-state index contributed by atoms with van der Waals surface area (Å²) in [6.45, 7) is 7.94. The van der Waals surface area contributed by atoms with Crippen molar-refractivity contribution < 1.29 is 9.53 Å². The summed E-state index contributed by atoms with van der Waals surface area (Å²) in [7, 11) is 0. The molecule has 1 aromatic carbocycles. The lowest BCUT2D eigenvalue weighted by molar-refractivity contribution is 0.0209. The molecule has 3 rings (SSSR count). The van der Waals surface area contributed by atoms with Crippen LogP contribution in [0.5, 0.6) is 0 Å². The number of benzene rings is 1. The van der Waals surface area contributed by atoms with Crippen LogP contribution in [0.4, 0.5) is 5.69 Å². The van der Waals surface area contributed by atoms with Crippen LogP contribution in [0.15, 0.2) is 24.3 Å². The molecule has 0 aliphatic carbocycles. The maximum atomic E-state index is 11.7. The summed E-state index contributed by atoms with van der Waals surface area (Å²) in [6, 6.07) is 8.74. The van der Waals surface area contributed by atoms with Gasteiger partial charge < -0.3 is 9.64 Å². The molecule has 4 nitrogen and oxygen atoms in total. The molecular weight excluding hydrogens is 264 g/mol. The van der Waals surface area contributed by atoms with Crippen LogP contribution in [0.25, 0.3) is 0 Å². The van der Waals surface area contributed by atoms with E-state index in [2.05, 4.69) is 21.9 Å². The van der Waals surface area contributed by atoms with Crippen molar-refractivity contribution in [3.05, 3.63) is 29.8 Å². The maximum Gasteiger partial charge on any atom is 0.162 e. The van der Waals surface area contributed by atoms with E-state index in [0.717, 1.165) is 45.0 Å². The molecule has 2 fully saturated rings. The monoisotopic (exact) mass is 288 g/mol. The van der Waals surface area contributed by atoms with Crippen molar-refractivity contribution in [2.75, 3.05) is 44.3 Å². The Balaban J connectivity index is 1.61. The van der Waals surface area contributed by atoms with Crippen LogP contribution in [0.1, 0.15) is 30.1 Å². The second-order valence-electron chi connectivity index (χ2n) is 5.86. The molecule has 0 bridgehead atoms. The van der Waals surface area contributed by atoms with Crippen molar-refractivity contribution in [2.24, 2.45) is 0 Å². The molecular formula is C17H24N2O2. The molecule has 2 aliphatic rings. The van der Waals surface area contributed by atoms with E-state index in [1.54, 1.807) is 0 Å². The minimum Gasteiger partial charge on any atom is -0.379 e. The van der Waals surface area contributed by atoms with Crippen LogP contribution in [0.2, 0.25) is 0 Å². The van der Waals surface area contributed by atoms with Crippen LogP contribution in [0, 0.1) is 0 Å². The van der Waals surface area contributed by atoms with Crippen molar-refractivity contribution in [1.82, 2.24) is 4.90 Å². The Morgan fingerprint density at radius 3 is 2.57 bits per heavy atom. The first kappa shape index (κ1) is 14.5. The number of ketones is 1. The number of hydrogen-bond acceptors (Lipinski definition) is 4. The number of anilines is 1. The number of carbonyl (C=O) groups is 1. The highest BCUT2D eigenvalue weighted by molar-refractivity contribution is 5.96. The molecule has 21 heavy (non-hydrogen) atoms. The molecule has 1 aromatic rings. The van der Waals surface area contributed by atoms with Gasteiger partial charge >= 0.3 is 0 Å². The molecule has 2 heterocycles. The number of carbonyl (C=O) groups excluding carboxylic acids is 1. The van der Waals surface area contributed by atoms with Crippen LogP contribution in [-0.2, 0) is 4.74 Å². The van der Waals surface area contributed by atoms with Gasteiger partial charge in [0, 0.05) is 49.9 Å². The summed E-state index contributed by atoms with van der Waals surface area (Å²) in [5.74, 6) is 0.217. The molecule has 1 unspecified atom stereocenters. The van der Waals surface area contributed by atoms with E-state index in [4.69, 9.17) is 4.74 Å². The molecule has 0 aromatic heterocycles. The summed E-state index contributed by atoms with van der Waals surface area (Å²) in [5.41, 5.74) is 2.06. The standard InChI is InChI=1S/C17H24N2O2/c1-2-17(20)14-3-5-15(6-4-14)19-8-7-16(13-19)18-9-11-21-12-10-18/h3-6,16H,2,7-13H2,1H3. The van der Waals surface area contributed by atoms with Crippen LogP contribution >= 0.6 is 0 Å². The quantitative estimate of drug-likeness (QED) is 0.795. The van der Waals surface area contributed by atoms with Gasteiger partial charge in [0.1, 0.15) is 0 Å². The van der Waals surface area contributed by atoms with Gasteiger partial charge in [0.05, 0.1) is 13.2 Å². The molecule has 1 atom stereocenters. The van der Waals surface area contributed by atoms with Crippen LogP contribution < -0.4 is 4.90 Å². The van der Waals surface area contributed by atoms with Crippen LogP contribution in [0.3, 0.4) is 0 Å². The zero-order valence-corrected chi connectivity index (χ0v) is 12.8. The van der Waals surface area contributed by atoms with E-state index >= 15 is 0 Å². The van der Waals surface area contributed by atoms with Gasteiger partial charge in [-0.25, -0.2) is 0 Å². The Kier molecular flexibility index (Phi) is 4.56. The number of ether oxygens (including phenoxy) is 1. The van der Waals surface area contributed by atoms with E-state index in [0.29, 0.717) is 12.5 Å². The minimum atomic E-state index is 0.217.